The van der Waals surface area contributed by atoms with E-state index < -0.39 is 8.07 Å². The molecule has 0 atom stereocenters. The molecule has 6 rings (SSSR count). The second kappa shape index (κ2) is 6.05. The fourth-order valence-electron chi connectivity index (χ4n) is 5.08. The van der Waals surface area contributed by atoms with Crippen LogP contribution >= 0.6 is 0 Å². The molecule has 4 aromatic rings. The van der Waals surface area contributed by atoms with Gasteiger partial charge >= 0.3 is 0 Å². The van der Waals surface area contributed by atoms with Crippen molar-refractivity contribution in [3.8, 4) is 0 Å². The summed E-state index contributed by atoms with van der Waals surface area (Å²) in [5.74, 6) is 0. The second-order valence-electron chi connectivity index (χ2n) is 9.11. The predicted molar refractivity (Wildman–Crippen MR) is 129 cm³/mol. The quantitative estimate of drug-likeness (QED) is 0.315. The number of fused-ring (bicyclic) bond motifs is 4. The SMILES string of the molecule is C[Si](C)(C1=Cc2cc3ccccc3cc2C1)C1=Cc2cc3ccccc3cc2C1. The lowest BCUT2D eigenvalue weighted by atomic mass is 10.0. The first-order valence-corrected chi connectivity index (χ1v) is 13.5. The number of hydrogen-bond acceptors (Lipinski definition) is 0. The van der Waals surface area contributed by atoms with Crippen molar-refractivity contribution in [2.45, 2.75) is 25.9 Å². The Morgan fingerprint density at radius 2 is 0.931 bits per heavy atom. The maximum Gasteiger partial charge on any atom is 0.103 e. The minimum absolute atomic E-state index is 1.12. The molecule has 0 aliphatic heterocycles. The largest absolute Gasteiger partial charge is 0.103 e. The van der Waals surface area contributed by atoms with Gasteiger partial charge in [-0.3, -0.25) is 0 Å². The average Bonchev–Trinajstić information content (AvgIpc) is 3.34. The molecule has 0 heterocycles. The van der Waals surface area contributed by atoms with Crippen molar-refractivity contribution in [1.29, 1.82) is 0 Å². The molecule has 0 bridgehead atoms. The van der Waals surface area contributed by atoms with Gasteiger partial charge in [0.1, 0.15) is 8.07 Å². The molecule has 0 fully saturated rings. The Labute approximate surface area is 173 Å². The zero-order chi connectivity index (χ0) is 19.6. The standard InChI is InChI=1S/C28H24Si/c1-29(2,27-15-23-11-19-7-3-4-8-20(19)12-24(23)16-27)28-17-25-13-21-9-5-6-10-22(21)14-26(25)18-28/h3-15,17H,16,18H2,1-2H3. The van der Waals surface area contributed by atoms with Crippen molar-refractivity contribution < 1.29 is 0 Å². The van der Waals surface area contributed by atoms with Gasteiger partial charge in [0.05, 0.1) is 0 Å². The fraction of sp³-hybridized carbons (Fsp3) is 0.143. The Kier molecular flexibility index (Phi) is 3.54. The highest BCUT2D eigenvalue weighted by atomic mass is 28.3. The van der Waals surface area contributed by atoms with Crippen LogP contribution in [0.25, 0.3) is 33.7 Å². The Hall–Kier alpha value is -2.90. The van der Waals surface area contributed by atoms with Crippen LogP contribution in [0.1, 0.15) is 22.3 Å². The maximum absolute atomic E-state index is 2.54. The van der Waals surface area contributed by atoms with E-state index in [4.69, 9.17) is 0 Å². The van der Waals surface area contributed by atoms with E-state index >= 15 is 0 Å². The summed E-state index contributed by atoms with van der Waals surface area (Å²) >= 11 is 0. The van der Waals surface area contributed by atoms with Crippen molar-refractivity contribution in [1.82, 2.24) is 0 Å². The van der Waals surface area contributed by atoms with Gasteiger partial charge in [-0.15, -0.1) is 0 Å². The first-order chi connectivity index (χ1) is 14.1. The Bertz CT molecular complexity index is 1260. The van der Waals surface area contributed by atoms with E-state index in [-0.39, 0.29) is 0 Å². The molecule has 29 heavy (non-hydrogen) atoms. The average molecular weight is 389 g/mol. The molecule has 0 aromatic heterocycles. The molecular weight excluding hydrogens is 364 g/mol. The number of allylic oxidation sites excluding steroid dienone is 2. The molecule has 0 N–H and O–H groups in total. The topological polar surface area (TPSA) is 0 Å². The normalized spacial score (nSPS) is 15.4. The molecule has 0 saturated carbocycles. The maximum atomic E-state index is 2.54. The van der Waals surface area contributed by atoms with Gasteiger partial charge in [-0.1, -0.05) is 96.3 Å². The van der Waals surface area contributed by atoms with Crippen molar-refractivity contribution in [2.75, 3.05) is 0 Å². The Morgan fingerprint density at radius 1 is 0.552 bits per heavy atom. The van der Waals surface area contributed by atoms with Gasteiger partial charge < -0.3 is 0 Å². The highest BCUT2D eigenvalue weighted by Crippen LogP contribution is 2.41. The minimum Gasteiger partial charge on any atom is -0.0715 e. The zero-order valence-corrected chi connectivity index (χ0v) is 18.0. The van der Waals surface area contributed by atoms with Gasteiger partial charge in [-0.05, 0) is 68.8 Å². The lowest BCUT2D eigenvalue weighted by molar-refractivity contribution is 1.23. The van der Waals surface area contributed by atoms with Crippen LogP contribution in [0.2, 0.25) is 13.1 Å². The molecule has 0 saturated heterocycles. The van der Waals surface area contributed by atoms with Crippen molar-refractivity contribution >= 4 is 41.8 Å². The minimum atomic E-state index is -1.66. The summed E-state index contributed by atoms with van der Waals surface area (Å²) in [5.41, 5.74) is 5.87. The van der Waals surface area contributed by atoms with E-state index in [1.807, 2.05) is 0 Å². The van der Waals surface area contributed by atoms with E-state index in [1.54, 1.807) is 10.4 Å². The van der Waals surface area contributed by atoms with Gasteiger partial charge in [0.25, 0.3) is 0 Å². The highest BCUT2D eigenvalue weighted by molar-refractivity contribution is 6.92. The number of hydrogen-bond donors (Lipinski definition) is 0. The van der Waals surface area contributed by atoms with Crippen LogP contribution in [0, 0.1) is 0 Å². The van der Waals surface area contributed by atoms with E-state index in [0.29, 0.717) is 0 Å². The molecule has 1 heteroatoms. The van der Waals surface area contributed by atoms with Crippen LogP contribution in [0.15, 0.2) is 83.2 Å². The van der Waals surface area contributed by atoms with Crippen molar-refractivity contribution in [3.63, 3.8) is 0 Å². The number of benzene rings is 4. The van der Waals surface area contributed by atoms with Crippen LogP contribution in [0.4, 0.5) is 0 Å². The predicted octanol–water partition coefficient (Wildman–Crippen LogP) is 7.36. The van der Waals surface area contributed by atoms with E-state index in [2.05, 4.69) is 98.0 Å². The summed E-state index contributed by atoms with van der Waals surface area (Å²) in [7, 11) is -1.66. The summed E-state index contributed by atoms with van der Waals surface area (Å²) in [6.07, 6.45) is 7.26. The molecule has 4 aromatic carbocycles. The van der Waals surface area contributed by atoms with Gasteiger partial charge in [-0.25, -0.2) is 0 Å². The molecule has 0 nitrogen and oxygen atoms in total. The molecular formula is C28H24Si. The van der Waals surface area contributed by atoms with Gasteiger partial charge in [0, 0.05) is 0 Å². The number of rotatable bonds is 2. The van der Waals surface area contributed by atoms with Crippen LogP contribution in [0.3, 0.4) is 0 Å². The van der Waals surface area contributed by atoms with Crippen molar-refractivity contribution in [3.05, 3.63) is 105 Å². The van der Waals surface area contributed by atoms with E-state index in [9.17, 15) is 0 Å². The third-order valence-electron chi connectivity index (χ3n) is 7.04. The van der Waals surface area contributed by atoms with Gasteiger partial charge in [0.15, 0.2) is 0 Å². The first kappa shape index (κ1) is 17.0. The Morgan fingerprint density at radius 3 is 1.34 bits per heavy atom. The summed E-state index contributed by atoms with van der Waals surface area (Å²) < 4.78 is 0. The summed E-state index contributed by atoms with van der Waals surface area (Å²) in [5, 5.41) is 8.77. The molecule has 140 valence electrons. The smallest absolute Gasteiger partial charge is 0.0715 e. The second-order valence-corrected chi connectivity index (χ2v) is 13.6. The third-order valence-corrected chi connectivity index (χ3v) is 10.9. The van der Waals surface area contributed by atoms with E-state index in [1.165, 1.54) is 43.8 Å². The fourth-order valence-corrected chi connectivity index (χ4v) is 7.79. The molecule has 0 spiro atoms. The summed E-state index contributed by atoms with van der Waals surface area (Å²) in [6, 6.07) is 27.0. The van der Waals surface area contributed by atoms with Crippen LogP contribution in [0.5, 0.6) is 0 Å². The lowest BCUT2D eigenvalue weighted by Crippen LogP contribution is -2.32. The first-order valence-electron chi connectivity index (χ1n) is 10.5. The summed E-state index contributed by atoms with van der Waals surface area (Å²) in [6.45, 7) is 5.09. The van der Waals surface area contributed by atoms with Gasteiger partial charge in [0.2, 0.25) is 0 Å². The van der Waals surface area contributed by atoms with Crippen molar-refractivity contribution in [2.24, 2.45) is 0 Å². The molecule has 2 aliphatic rings. The highest BCUT2D eigenvalue weighted by Gasteiger charge is 2.35. The Balaban J connectivity index is 1.37. The van der Waals surface area contributed by atoms with E-state index in [0.717, 1.165) is 12.8 Å². The van der Waals surface area contributed by atoms with Crippen LogP contribution < -0.4 is 0 Å². The summed E-state index contributed by atoms with van der Waals surface area (Å²) in [4.78, 5) is 0. The molecule has 0 radical (unpaired) electrons. The zero-order valence-electron chi connectivity index (χ0n) is 17.0. The molecule has 0 unspecified atom stereocenters. The molecule has 2 aliphatic carbocycles. The van der Waals surface area contributed by atoms with Gasteiger partial charge in [-0.2, -0.15) is 0 Å². The third kappa shape index (κ3) is 2.65. The lowest BCUT2D eigenvalue weighted by Gasteiger charge is -2.26. The van der Waals surface area contributed by atoms with Crippen LogP contribution in [-0.4, -0.2) is 8.07 Å². The molecule has 0 amide bonds. The monoisotopic (exact) mass is 388 g/mol. The van der Waals surface area contributed by atoms with Crippen LogP contribution in [-0.2, 0) is 12.8 Å².